The Morgan fingerprint density at radius 1 is 1.56 bits per heavy atom. The molecule has 0 spiro atoms. The molecule has 0 fully saturated rings. The van der Waals surface area contributed by atoms with Crippen molar-refractivity contribution in [3.8, 4) is 0 Å². The number of rotatable bonds is 3. The van der Waals surface area contributed by atoms with Crippen molar-refractivity contribution < 1.29 is 9.90 Å². The van der Waals surface area contributed by atoms with Crippen LogP contribution >= 0.6 is 0 Å². The highest BCUT2D eigenvalue weighted by atomic mass is 16.4. The Bertz CT molecular complexity index is 531. The second-order valence-corrected chi connectivity index (χ2v) is 4.09. The van der Waals surface area contributed by atoms with Crippen LogP contribution in [0.15, 0.2) is 18.2 Å². The van der Waals surface area contributed by atoms with E-state index in [9.17, 15) is 4.79 Å². The molecule has 0 amide bonds. The molecule has 84 valence electrons. The van der Waals surface area contributed by atoms with Crippen molar-refractivity contribution in [2.24, 2.45) is 0 Å². The number of H-pyrrole nitrogens is 1. The summed E-state index contributed by atoms with van der Waals surface area (Å²) in [6.45, 7) is 3.87. The zero-order valence-corrected chi connectivity index (χ0v) is 9.32. The SMILES string of the molecule is Cc1[nH]nc2c(C(C)CC(=O)O)cccc12. The third-order valence-electron chi connectivity index (χ3n) is 2.82. The third kappa shape index (κ3) is 1.78. The van der Waals surface area contributed by atoms with Gasteiger partial charge in [0.25, 0.3) is 0 Å². The van der Waals surface area contributed by atoms with Crippen molar-refractivity contribution in [2.75, 3.05) is 0 Å². The first-order valence-corrected chi connectivity index (χ1v) is 5.25. The molecular formula is C12H14N2O2. The molecule has 1 heterocycles. The number of carbonyl (C=O) groups is 1. The smallest absolute Gasteiger partial charge is 0.303 e. The molecule has 0 bridgehead atoms. The molecular weight excluding hydrogens is 204 g/mol. The first kappa shape index (κ1) is 10.7. The Labute approximate surface area is 93.3 Å². The van der Waals surface area contributed by atoms with Crippen LogP contribution in [-0.4, -0.2) is 21.3 Å². The highest BCUT2D eigenvalue weighted by Gasteiger charge is 2.15. The van der Waals surface area contributed by atoms with Crippen molar-refractivity contribution >= 4 is 16.9 Å². The van der Waals surface area contributed by atoms with Crippen LogP contribution in [0.4, 0.5) is 0 Å². The molecule has 4 nitrogen and oxygen atoms in total. The summed E-state index contributed by atoms with van der Waals surface area (Å²) < 4.78 is 0. The molecule has 0 aliphatic rings. The maximum Gasteiger partial charge on any atom is 0.303 e. The zero-order valence-electron chi connectivity index (χ0n) is 9.32. The van der Waals surface area contributed by atoms with E-state index in [-0.39, 0.29) is 12.3 Å². The van der Waals surface area contributed by atoms with Crippen molar-refractivity contribution in [1.29, 1.82) is 0 Å². The Hall–Kier alpha value is -1.84. The summed E-state index contributed by atoms with van der Waals surface area (Å²) in [6.07, 6.45) is 0.130. The van der Waals surface area contributed by atoms with Gasteiger partial charge in [0.15, 0.2) is 0 Å². The van der Waals surface area contributed by atoms with Gasteiger partial charge in [-0.15, -0.1) is 0 Å². The minimum Gasteiger partial charge on any atom is -0.481 e. The van der Waals surface area contributed by atoms with Gasteiger partial charge in [0.2, 0.25) is 0 Å². The number of hydrogen-bond acceptors (Lipinski definition) is 2. The predicted molar refractivity (Wildman–Crippen MR) is 61.5 cm³/mol. The first-order chi connectivity index (χ1) is 7.59. The maximum absolute atomic E-state index is 10.7. The van der Waals surface area contributed by atoms with Gasteiger partial charge < -0.3 is 5.11 Å². The number of hydrogen-bond donors (Lipinski definition) is 2. The lowest BCUT2D eigenvalue weighted by molar-refractivity contribution is -0.137. The number of nitrogens with one attached hydrogen (secondary N) is 1. The molecule has 4 heteroatoms. The molecule has 0 aliphatic carbocycles. The Kier molecular flexibility index (Phi) is 2.64. The van der Waals surface area contributed by atoms with Gasteiger partial charge >= 0.3 is 5.97 Å². The quantitative estimate of drug-likeness (QED) is 0.831. The van der Waals surface area contributed by atoms with E-state index in [1.54, 1.807) is 0 Å². The van der Waals surface area contributed by atoms with Crippen molar-refractivity contribution in [1.82, 2.24) is 10.2 Å². The second kappa shape index (κ2) is 3.96. The second-order valence-electron chi connectivity index (χ2n) is 4.09. The average molecular weight is 218 g/mol. The number of aromatic nitrogens is 2. The van der Waals surface area contributed by atoms with Gasteiger partial charge in [0.1, 0.15) is 0 Å². The molecule has 1 aromatic carbocycles. The van der Waals surface area contributed by atoms with E-state index in [0.717, 1.165) is 22.2 Å². The van der Waals surface area contributed by atoms with E-state index in [2.05, 4.69) is 10.2 Å². The van der Waals surface area contributed by atoms with Crippen LogP contribution in [0.25, 0.3) is 10.9 Å². The molecule has 0 saturated carbocycles. The van der Waals surface area contributed by atoms with Gasteiger partial charge in [-0.1, -0.05) is 25.1 Å². The molecule has 2 rings (SSSR count). The summed E-state index contributed by atoms with van der Waals surface area (Å²) in [5.41, 5.74) is 2.89. The van der Waals surface area contributed by atoms with Gasteiger partial charge in [-0.2, -0.15) is 5.10 Å². The number of benzene rings is 1. The summed E-state index contributed by atoms with van der Waals surface area (Å²) in [5, 5.41) is 17.0. The van der Waals surface area contributed by atoms with Crippen LogP contribution in [-0.2, 0) is 4.79 Å². The van der Waals surface area contributed by atoms with E-state index in [4.69, 9.17) is 5.11 Å². The van der Waals surface area contributed by atoms with Crippen LogP contribution < -0.4 is 0 Å². The van der Waals surface area contributed by atoms with Crippen LogP contribution in [0.1, 0.15) is 30.5 Å². The third-order valence-corrected chi connectivity index (χ3v) is 2.82. The summed E-state index contributed by atoms with van der Waals surface area (Å²) in [6, 6.07) is 5.87. The van der Waals surface area contributed by atoms with E-state index >= 15 is 0 Å². The Morgan fingerprint density at radius 3 is 3.00 bits per heavy atom. The number of carboxylic acid groups (broad SMARTS) is 1. The van der Waals surface area contributed by atoms with E-state index in [1.807, 2.05) is 32.0 Å². The number of para-hydroxylation sites is 1. The fraction of sp³-hybridized carbons (Fsp3) is 0.333. The van der Waals surface area contributed by atoms with Gasteiger partial charge in [-0.3, -0.25) is 9.89 Å². The van der Waals surface area contributed by atoms with Crippen LogP contribution in [0.3, 0.4) is 0 Å². The average Bonchev–Trinajstić information content (AvgIpc) is 2.59. The van der Waals surface area contributed by atoms with Gasteiger partial charge in [-0.05, 0) is 18.4 Å². The van der Waals surface area contributed by atoms with Crippen LogP contribution in [0.5, 0.6) is 0 Å². The zero-order chi connectivity index (χ0) is 11.7. The minimum atomic E-state index is -0.781. The highest BCUT2D eigenvalue weighted by Crippen LogP contribution is 2.27. The summed E-state index contributed by atoms with van der Waals surface area (Å²) in [4.78, 5) is 10.7. The molecule has 2 aromatic rings. The molecule has 0 saturated heterocycles. The number of nitrogens with zero attached hydrogens (tertiary/aromatic N) is 1. The number of aryl methyl sites for hydroxylation is 1. The Morgan fingerprint density at radius 2 is 2.31 bits per heavy atom. The number of carboxylic acids is 1. The van der Waals surface area contributed by atoms with Crippen molar-refractivity contribution in [2.45, 2.75) is 26.2 Å². The standard InChI is InChI=1S/C12H14N2O2/c1-7(6-11(15)16)9-4-3-5-10-8(2)13-14-12(9)10/h3-5,7H,6H2,1-2H3,(H,13,14)(H,15,16). The molecule has 2 N–H and O–H groups in total. The lowest BCUT2D eigenvalue weighted by Crippen LogP contribution is -2.03. The van der Waals surface area contributed by atoms with Gasteiger partial charge in [0, 0.05) is 11.1 Å². The molecule has 1 atom stereocenters. The topological polar surface area (TPSA) is 66.0 Å². The normalized spacial score (nSPS) is 12.9. The fourth-order valence-electron chi connectivity index (χ4n) is 1.96. The minimum absolute atomic E-state index is 0.0242. The largest absolute Gasteiger partial charge is 0.481 e. The maximum atomic E-state index is 10.7. The molecule has 0 aliphatic heterocycles. The molecule has 16 heavy (non-hydrogen) atoms. The lowest BCUT2D eigenvalue weighted by atomic mass is 9.95. The van der Waals surface area contributed by atoms with E-state index in [1.165, 1.54) is 0 Å². The lowest BCUT2D eigenvalue weighted by Gasteiger charge is -2.09. The Balaban J connectivity index is 2.48. The highest BCUT2D eigenvalue weighted by molar-refractivity contribution is 5.85. The van der Waals surface area contributed by atoms with E-state index < -0.39 is 5.97 Å². The summed E-state index contributed by atoms with van der Waals surface area (Å²) in [5.74, 6) is -0.805. The van der Waals surface area contributed by atoms with Crippen LogP contribution in [0, 0.1) is 6.92 Å². The number of aliphatic carboxylic acids is 1. The number of aromatic amines is 1. The fourth-order valence-corrected chi connectivity index (χ4v) is 1.96. The predicted octanol–water partition coefficient (Wildman–Crippen LogP) is 2.45. The monoisotopic (exact) mass is 218 g/mol. The van der Waals surface area contributed by atoms with E-state index in [0.29, 0.717) is 0 Å². The number of fused-ring (bicyclic) bond motifs is 1. The summed E-state index contributed by atoms with van der Waals surface area (Å²) >= 11 is 0. The molecule has 1 unspecified atom stereocenters. The summed E-state index contributed by atoms with van der Waals surface area (Å²) in [7, 11) is 0. The van der Waals surface area contributed by atoms with Gasteiger partial charge in [0.05, 0.1) is 11.9 Å². The first-order valence-electron chi connectivity index (χ1n) is 5.25. The van der Waals surface area contributed by atoms with Gasteiger partial charge in [-0.25, -0.2) is 0 Å². The molecule has 0 radical (unpaired) electrons. The van der Waals surface area contributed by atoms with Crippen molar-refractivity contribution in [3.63, 3.8) is 0 Å². The molecule has 1 aromatic heterocycles. The van der Waals surface area contributed by atoms with Crippen LogP contribution in [0.2, 0.25) is 0 Å². The van der Waals surface area contributed by atoms with Crippen molar-refractivity contribution in [3.05, 3.63) is 29.5 Å².